The Morgan fingerprint density at radius 2 is 1.72 bits per heavy atom. The highest BCUT2D eigenvalue weighted by molar-refractivity contribution is 7.90. The van der Waals surface area contributed by atoms with Gasteiger partial charge in [-0.15, -0.1) is 13.2 Å². The number of fused-ring (bicyclic) bond motifs is 1. The molecule has 1 aliphatic rings. The topological polar surface area (TPSA) is 67.8 Å². The van der Waals surface area contributed by atoms with Gasteiger partial charge in [0.15, 0.2) is 0 Å². The van der Waals surface area contributed by atoms with Crippen LogP contribution in [0.1, 0.15) is 24.1 Å². The number of rotatable bonds is 3. The molecule has 0 radical (unpaired) electrons. The summed E-state index contributed by atoms with van der Waals surface area (Å²) in [5, 5.41) is 0. The number of halogens is 3. The molecule has 0 saturated heterocycles. The van der Waals surface area contributed by atoms with Crippen LogP contribution in [-0.2, 0) is 10.0 Å². The molecule has 2 aromatic carbocycles. The molecular weight excluding hydrogens is 357 g/mol. The Balaban J connectivity index is 1.85. The Hall–Kier alpha value is -2.55. The fourth-order valence-electron chi connectivity index (χ4n) is 2.45. The number of amidine groups is 1. The van der Waals surface area contributed by atoms with Crippen LogP contribution in [-0.4, -0.2) is 20.6 Å². The summed E-state index contributed by atoms with van der Waals surface area (Å²) in [6.07, 6.45) is -4.75. The maximum absolute atomic E-state index is 12.2. The highest BCUT2D eigenvalue weighted by atomic mass is 32.2. The van der Waals surface area contributed by atoms with E-state index in [4.69, 9.17) is 0 Å². The van der Waals surface area contributed by atoms with Gasteiger partial charge in [0.2, 0.25) is 0 Å². The maximum atomic E-state index is 12.2. The number of ether oxygens (including phenoxy) is 1. The first-order chi connectivity index (χ1) is 11.7. The van der Waals surface area contributed by atoms with Crippen molar-refractivity contribution in [3.63, 3.8) is 0 Å². The van der Waals surface area contributed by atoms with E-state index < -0.39 is 22.4 Å². The molecule has 3 rings (SSSR count). The van der Waals surface area contributed by atoms with Crippen LogP contribution in [0.15, 0.2) is 58.4 Å². The van der Waals surface area contributed by atoms with Gasteiger partial charge in [-0.3, -0.25) is 9.71 Å². The molecule has 0 fully saturated rings. The minimum absolute atomic E-state index is 0.148. The summed E-state index contributed by atoms with van der Waals surface area (Å²) in [5.74, 6) is -0.123. The van der Waals surface area contributed by atoms with Crippen molar-refractivity contribution in [3.05, 3.63) is 59.7 Å². The molecule has 0 bridgehead atoms. The van der Waals surface area contributed by atoms with E-state index in [1.807, 2.05) is 0 Å². The van der Waals surface area contributed by atoms with E-state index in [9.17, 15) is 21.6 Å². The van der Waals surface area contributed by atoms with Gasteiger partial charge in [-0.2, -0.15) is 0 Å². The third-order valence-electron chi connectivity index (χ3n) is 3.58. The van der Waals surface area contributed by atoms with Crippen LogP contribution >= 0.6 is 0 Å². The molecule has 0 spiro atoms. The van der Waals surface area contributed by atoms with Crippen molar-refractivity contribution in [2.45, 2.75) is 24.2 Å². The van der Waals surface area contributed by atoms with E-state index in [-0.39, 0.29) is 16.5 Å². The number of alkyl halides is 3. The Kier molecular flexibility index (Phi) is 4.19. The van der Waals surface area contributed by atoms with Gasteiger partial charge in [0.25, 0.3) is 10.0 Å². The monoisotopic (exact) mass is 370 g/mol. The molecule has 5 nitrogen and oxygen atoms in total. The number of sulfonamides is 1. The van der Waals surface area contributed by atoms with E-state index in [1.54, 1.807) is 25.1 Å². The zero-order valence-electron chi connectivity index (χ0n) is 12.9. The summed E-state index contributed by atoms with van der Waals surface area (Å²) in [6.45, 7) is 1.71. The third-order valence-corrected chi connectivity index (χ3v) is 4.98. The fraction of sp³-hybridized carbons (Fsp3) is 0.188. The summed E-state index contributed by atoms with van der Waals surface area (Å²) in [6, 6.07) is 11.2. The lowest BCUT2D eigenvalue weighted by molar-refractivity contribution is -0.274. The van der Waals surface area contributed by atoms with Gasteiger partial charge >= 0.3 is 6.36 Å². The summed E-state index contributed by atoms with van der Waals surface area (Å²) < 4.78 is 66.8. The second-order valence-electron chi connectivity index (χ2n) is 5.37. The van der Waals surface area contributed by atoms with Crippen LogP contribution in [0.3, 0.4) is 0 Å². The van der Waals surface area contributed by atoms with Crippen LogP contribution in [0.2, 0.25) is 0 Å². The summed E-state index contributed by atoms with van der Waals surface area (Å²) in [5.41, 5.74) is 1.08. The highest BCUT2D eigenvalue weighted by Gasteiger charge is 2.32. The number of aliphatic imine (C=N–C) groups is 1. The van der Waals surface area contributed by atoms with Crippen LogP contribution in [0.25, 0.3) is 0 Å². The smallest absolute Gasteiger partial charge is 0.406 e. The minimum atomic E-state index is -4.75. The molecule has 132 valence electrons. The second-order valence-corrected chi connectivity index (χ2v) is 7.02. The van der Waals surface area contributed by atoms with Crippen molar-refractivity contribution in [3.8, 4) is 5.75 Å². The summed E-state index contributed by atoms with van der Waals surface area (Å²) in [4.78, 5) is 4.50. The fourth-order valence-corrected chi connectivity index (χ4v) is 3.69. The standard InChI is InChI=1S/C16H13F3N2O3S/c1-10(11-6-8-12(9-7-11)24-16(17,18)19)20-15-13-4-2-3-5-14(13)25(22,23)21-15/h2-10H,1H3,(H,20,21)/t10-/m0/s1. The molecule has 2 aromatic rings. The van der Waals surface area contributed by atoms with Gasteiger partial charge in [-0.05, 0) is 36.8 Å². The normalized spacial score (nSPS) is 18.5. The van der Waals surface area contributed by atoms with Crippen molar-refractivity contribution in [2.24, 2.45) is 4.99 Å². The van der Waals surface area contributed by atoms with Crippen molar-refractivity contribution in [1.29, 1.82) is 0 Å². The molecule has 9 heteroatoms. The lowest BCUT2D eigenvalue weighted by atomic mass is 10.1. The van der Waals surface area contributed by atoms with E-state index in [2.05, 4.69) is 14.5 Å². The van der Waals surface area contributed by atoms with Crippen molar-refractivity contribution >= 4 is 15.9 Å². The maximum Gasteiger partial charge on any atom is 0.573 e. The molecular formula is C16H13F3N2O3S. The van der Waals surface area contributed by atoms with Gasteiger partial charge in [0.05, 0.1) is 10.9 Å². The van der Waals surface area contributed by atoms with Gasteiger partial charge in [-0.1, -0.05) is 24.3 Å². The third kappa shape index (κ3) is 3.76. The van der Waals surface area contributed by atoms with Crippen LogP contribution in [0.4, 0.5) is 13.2 Å². The Labute approximate surface area is 142 Å². The van der Waals surface area contributed by atoms with E-state index in [1.165, 1.54) is 30.3 Å². The van der Waals surface area contributed by atoms with Gasteiger partial charge in [0.1, 0.15) is 11.6 Å². The first kappa shape index (κ1) is 17.3. The van der Waals surface area contributed by atoms with Gasteiger partial charge in [-0.25, -0.2) is 8.42 Å². The Morgan fingerprint density at radius 3 is 2.36 bits per heavy atom. The van der Waals surface area contributed by atoms with E-state index in [0.717, 1.165) is 0 Å². The molecule has 1 aliphatic heterocycles. The number of benzene rings is 2. The quantitative estimate of drug-likeness (QED) is 0.901. The molecule has 0 amide bonds. The average molecular weight is 370 g/mol. The van der Waals surface area contributed by atoms with E-state index >= 15 is 0 Å². The second kappa shape index (κ2) is 6.07. The van der Waals surface area contributed by atoms with E-state index in [0.29, 0.717) is 11.1 Å². The molecule has 0 aromatic heterocycles. The van der Waals surface area contributed by atoms with Crippen LogP contribution in [0.5, 0.6) is 5.75 Å². The number of nitrogens with one attached hydrogen (secondary N) is 1. The Morgan fingerprint density at radius 1 is 1.08 bits per heavy atom. The molecule has 0 aliphatic carbocycles. The SMILES string of the molecule is C[C@H](N=C1NS(=O)(=O)c2ccccc21)c1ccc(OC(F)(F)F)cc1. The average Bonchev–Trinajstić information content (AvgIpc) is 2.78. The van der Waals surface area contributed by atoms with Crippen molar-refractivity contribution in [2.75, 3.05) is 0 Å². The van der Waals surface area contributed by atoms with Gasteiger partial charge in [0, 0.05) is 5.56 Å². The molecule has 0 unspecified atom stereocenters. The lowest BCUT2D eigenvalue weighted by Gasteiger charge is -2.11. The first-order valence-electron chi connectivity index (χ1n) is 7.21. The Bertz CT molecular complexity index is 922. The molecule has 25 heavy (non-hydrogen) atoms. The number of hydrogen-bond donors (Lipinski definition) is 1. The number of hydrogen-bond acceptors (Lipinski definition) is 4. The molecule has 1 N–H and O–H groups in total. The predicted octanol–water partition coefficient (Wildman–Crippen LogP) is 3.38. The zero-order valence-corrected chi connectivity index (χ0v) is 13.7. The largest absolute Gasteiger partial charge is 0.573 e. The minimum Gasteiger partial charge on any atom is -0.406 e. The van der Waals surface area contributed by atoms with Gasteiger partial charge < -0.3 is 4.74 Å². The highest BCUT2D eigenvalue weighted by Crippen LogP contribution is 2.27. The molecule has 1 heterocycles. The zero-order chi connectivity index (χ0) is 18.2. The molecule has 0 saturated carbocycles. The van der Waals surface area contributed by atoms with Crippen molar-refractivity contribution < 1.29 is 26.3 Å². The van der Waals surface area contributed by atoms with Crippen LogP contribution in [0, 0.1) is 0 Å². The van der Waals surface area contributed by atoms with Crippen molar-refractivity contribution in [1.82, 2.24) is 4.72 Å². The lowest BCUT2D eigenvalue weighted by Crippen LogP contribution is -2.22. The summed E-state index contributed by atoms with van der Waals surface area (Å²) in [7, 11) is -3.64. The first-order valence-corrected chi connectivity index (χ1v) is 8.70. The molecule has 1 atom stereocenters. The van der Waals surface area contributed by atoms with Crippen LogP contribution < -0.4 is 9.46 Å². The number of nitrogens with zero attached hydrogens (tertiary/aromatic N) is 1. The summed E-state index contributed by atoms with van der Waals surface area (Å²) >= 11 is 0. The predicted molar refractivity (Wildman–Crippen MR) is 84.8 cm³/mol.